The van der Waals surface area contributed by atoms with Crippen molar-refractivity contribution in [3.63, 3.8) is 0 Å². The topological polar surface area (TPSA) is 0 Å². The lowest BCUT2D eigenvalue weighted by atomic mass is 9.87. The smallest absolute Gasteiger partial charge is 0.0446 e. The second kappa shape index (κ2) is 14.6. The highest BCUT2D eigenvalue weighted by Crippen LogP contribution is 2.35. The van der Waals surface area contributed by atoms with E-state index in [1.54, 1.807) is 0 Å². The molecule has 1 saturated carbocycles. The second-order valence-electron chi connectivity index (χ2n) is 8.06. The maximum atomic E-state index is 6.99. The van der Waals surface area contributed by atoms with Crippen LogP contribution in [0.1, 0.15) is 135 Å². The van der Waals surface area contributed by atoms with Crippen molar-refractivity contribution in [2.24, 2.45) is 0 Å². The first-order chi connectivity index (χ1) is 11.3. The largest absolute Gasteiger partial charge is 0.119 e. The molecule has 0 spiro atoms. The first-order valence-electron chi connectivity index (χ1n) is 11.0. The minimum absolute atomic E-state index is 0.150. The Kier molecular flexibility index (Phi) is 13.6. The molecule has 0 aliphatic heterocycles. The minimum atomic E-state index is 0.150. The van der Waals surface area contributed by atoms with E-state index in [9.17, 15) is 0 Å². The van der Waals surface area contributed by atoms with Crippen LogP contribution in [0.2, 0.25) is 0 Å². The summed E-state index contributed by atoms with van der Waals surface area (Å²) in [4.78, 5) is 0.150. The average molecular weight is 343 g/mol. The van der Waals surface area contributed by atoms with Crippen molar-refractivity contribution in [1.82, 2.24) is 0 Å². The molecule has 138 valence electrons. The molecule has 1 aliphatic rings. The quantitative estimate of drug-likeness (QED) is 0.260. The number of halogens is 1. The first kappa shape index (κ1) is 21.3. The fourth-order valence-electron chi connectivity index (χ4n) is 4.07. The van der Waals surface area contributed by atoms with Crippen LogP contribution in [0.15, 0.2) is 0 Å². The van der Waals surface area contributed by atoms with E-state index in [0.717, 1.165) is 0 Å². The summed E-state index contributed by atoms with van der Waals surface area (Å²) in [6.45, 7) is 2.29. The molecule has 0 aromatic carbocycles. The Morgan fingerprint density at radius 2 is 0.957 bits per heavy atom. The summed E-state index contributed by atoms with van der Waals surface area (Å²) in [6, 6.07) is 0. The average Bonchev–Trinajstić information content (AvgIpc) is 2.55. The lowest BCUT2D eigenvalue weighted by Crippen LogP contribution is -2.21. The molecule has 1 aliphatic carbocycles. The minimum Gasteiger partial charge on any atom is -0.119 e. The van der Waals surface area contributed by atoms with Crippen LogP contribution in [0.3, 0.4) is 0 Å². The molecule has 0 bridgehead atoms. The predicted octanol–water partition coefficient (Wildman–Crippen LogP) is 8.80. The van der Waals surface area contributed by atoms with Crippen molar-refractivity contribution in [3.8, 4) is 0 Å². The van der Waals surface area contributed by atoms with E-state index in [0.29, 0.717) is 0 Å². The van der Waals surface area contributed by atoms with Crippen molar-refractivity contribution in [3.05, 3.63) is 0 Å². The molecule has 0 atom stereocenters. The molecule has 0 aromatic heterocycles. The van der Waals surface area contributed by atoms with Crippen molar-refractivity contribution >= 4 is 11.6 Å². The maximum absolute atomic E-state index is 6.99. The van der Waals surface area contributed by atoms with Gasteiger partial charge in [-0.1, -0.05) is 116 Å². The van der Waals surface area contributed by atoms with Crippen LogP contribution in [0.25, 0.3) is 0 Å². The molecule has 1 rings (SSSR count). The summed E-state index contributed by atoms with van der Waals surface area (Å²) in [7, 11) is 0. The monoisotopic (exact) mass is 342 g/mol. The molecular formula is C22H43Cl. The van der Waals surface area contributed by atoms with E-state index in [4.69, 9.17) is 11.6 Å². The Balaban J connectivity index is 2.01. The van der Waals surface area contributed by atoms with Gasteiger partial charge in [0.1, 0.15) is 0 Å². The third-order valence-corrected chi connectivity index (χ3v) is 6.29. The summed E-state index contributed by atoms with van der Waals surface area (Å²) in [5.41, 5.74) is 0. The summed E-state index contributed by atoms with van der Waals surface area (Å²) in [6.07, 6.45) is 27.9. The van der Waals surface area contributed by atoms with Gasteiger partial charge in [-0.25, -0.2) is 0 Å². The number of hydrogen-bond donors (Lipinski definition) is 0. The van der Waals surface area contributed by atoms with E-state index in [2.05, 4.69) is 6.92 Å². The van der Waals surface area contributed by atoms with Crippen LogP contribution in [0.4, 0.5) is 0 Å². The summed E-state index contributed by atoms with van der Waals surface area (Å²) < 4.78 is 0. The zero-order valence-electron chi connectivity index (χ0n) is 16.0. The Hall–Kier alpha value is 0.290. The molecule has 1 fully saturated rings. The van der Waals surface area contributed by atoms with Crippen molar-refractivity contribution < 1.29 is 0 Å². The van der Waals surface area contributed by atoms with Crippen molar-refractivity contribution in [1.29, 1.82) is 0 Å². The van der Waals surface area contributed by atoms with Gasteiger partial charge in [0.2, 0.25) is 0 Å². The molecule has 23 heavy (non-hydrogen) atoms. The molecule has 0 heterocycles. The normalized spacial score (nSPS) is 19.6. The second-order valence-corrected chi connectivity index (χ2v) is 8.86. The molecule has 0 radical (unpaired) electrons. The molecule has 0 N–H and O–H groups in total. The van der Waals surface area contributed by atoms with Crippen LogP contribution < -0.4 is 0 Å². The molecule has 0 saturated heterocycles. The van der Waals surface area contributed by atoms with E-state index >= 15 is 0 Å². The number of rotatable bonds is 11. The van der Waals surface area contributed by atoms with Gasteiger partial charge < -0.3 is 0 Å². The SMILES string of the molecule is CCCCCCCCCCCCC1(Cl)CCCCCCCCC1. The highest BCUT2D eigenvalue weighted by atomic mass is 35.5. The van der Waals surface area contributed by atoms with Gasteiger partial charge in [-0.2, -0.15) is 0 Å². The van der Waals surface area contributed by atoms with Crippen LogP contribution in [-0.2, 0) is 0 Å². The van der Waals surface area contributed by atoms with Crippen LogP contribution in [0.5, 0.6) is 0 Å². The number of hydrogen-bond acceptors (Lipinski definition) is 0. The van der Waals surface area contributed by atoms with E-state index in [1.807, 2.05) is 0 Å². The maximum Gasteiger partial charge on any atom is 0.0446 e. The lowest BCUT2D eigenvalue weighted by molar-refractivity contribution is 0.383. The van der Waals surface area contributed by atoms with Gasteiger partial charge >= 0.3 is 0 Å². The summed E-state index contributed by atoms with van der Waals surface area (Å²) in [5, 5.41) is 0. The fraction of sp³-hybridized carbons (Fsp3) is 1.00. The van der Waals surface area contributed by atoms with E-state index in [-0.39, 0.29) is 4.87 Å². The number of unbranched alkanes of at least 4 members (excludes halogenated alkanes) is 9. The van der Waals surface area contributed by atoms with Gasteiger partial charge in [0.25, 0.3) is 0 Å². The van der Waals surface area contributed by atoms with Crippen LogP contribution in [-0.4, -0.2) is 4.87 Å². The van der Waals surface area contributed by atoms with Gasteiger partial charge in [-0.05, 0) is 19.3 Å². The van der Waals surface area contributed by atoms with Crippen LogP contribution in [0, 0.1) is 0 Å². The number of alkyl halides is 1. The van der Waals surface area contributed by atoms with E-state index in [1.165, 1.54) is 128 Å². The van der Waals surface area contributed by atoms with E-state index < -0.39 is 0 Å². The third kappa shape index (κ3) is 12.3. The highest BCUT2D eigenvalue weighted by Gasteiger charge is 2.25. The highest BCUT2D eigenvalue weighted by molar-refractivity contribution is 6.23. The summed E-state index contributed by atoms with van der Waals surface area (Å²) in [5.74, 6) is 0. The van der Waals surface area contributed by atoms with Gasteiger partial charge in [0, 0.05) is 4.87 Å². The zero-order chi connectivity index (χ0) is 16.6. The molecule has 0 aromatic rings. The standard InChI is InChI=1S/C22H43Cl/c1-2-3-4-5-6-7-8-10-13-16-19-22(23)20-17-14-11-9-12-15-18-21-22/h2-21H2,1H3. The molecule has 0 nitrogen and oxygen atoms in total. The molecule has 1 heteroatoms. The van der Waals surface area contributed by atoms with Crippen molar-refractivity contribution in [2.75, 3.05) is 0 Å². The van der Waals surface area contributed by atoms with Gasteiger partial charge in [-0.3, -0.25) is 0 Å². The van der Waals surface area contributed by atoms with Gasteiger partial charge in [0.15, 0.2) is 0 Å². The Bertz CT molecular complexity index is 238. The zero-order valence-corrected chi connectivity index (χ0v) is 16.8. The first-order valence-corrected chi connectivity index (χ1v) is 11.3. The Morgan fingerprint density at radius 3 is 1.43 bits per heavy atom. The lowest BCUT2D eigenvalue weighted by Gasteiger charge is -2.28. The Labute approximate surface area is 152 Å². The Morgan fingerprint density at radius 1 is 0.565 bits per heavy atom. The molecular weight excluding hydrogens is 300 g/mol. The predicted molar refractivity (Wildman–Crippen MR) is 107 cm³/mol. The molecule has 0 amide bonds. The van der Waals surface area contributed by atoms with Gasteiger partial charge in [-0.15, -0.1) is 11.6 Å². The summed E-state index contributed by atoms with van der Waals surface area (Å²) >= 11 is 6.99. The fourth-order valence-corrected chi connectivity index (χ4v) is 4.47. The third-order valence-electron chi connectivity index (χ3n) is 5.73. The van der Waals surface area contributed by atoms with Crippen molar-refractivity contribution in [2.45, 2.75) is 140 Å². The van der Waals surface area contributed by atoms with Crippen LogP contribution >= 0.6 is 11.6 Å². The molecule has 0 unspecified atom stereocenters. The van der Waals surface area contributed by atoms with Gasteiger partial charge in [0.05, 0.1) is 0 Å².